The average Bonchev–Trinajstić information content (AvgIpc) is 3.29. The lowest BCUT2D eigenvalue weighted by molar-refractivity contribution is 0.343. The second kappa shape index (κ2) is 8.59. The largest absolute Gasteiger partial charge is 0.493 e. The zero-order valence-corrected chi connectivity index (χ0v) is 15.6. The standard InChI is InChI=1S/C19H20N4O2S/c1-14(2)13-23-18(17-4-3-9-25-17)21-22-19(23)26-11-10-24-16-7-5-15(12-20)6-8-16/h3-9,14H,10-11,13H2,1-2H3. The number of hydrogen-bond donors (Lipinski definition) is 0. The molecule has 7 heteroatoms. The van der Waals surface area contributed by atoms with Crippen LogP contribution in [0.1, 0.15) is 19.4 Å². The molecule has 0 atom stereocenters. The summed E-state index contributed by atoms with van der Waals surface area (Å²) in [5.41, 5.74) is 0.624. The molecular formula is C19H20N4O2S. The summed E-state index contributed by atoms with van der Waals surface area (Å²) in [6.45, 7) is 5.69. The van der Waals surface area contributed by atoms with E-state index in [0.29, 0.717) is 18.1 Å². The maximum absolute atomic E-state index is 8.81. The summed E-state index contributed by atoms with van der Waals surface area (Å²) >= 11 is 1.60. The average molecular weight is 368 g/mol. The number of furan rings is 1. The molecule has 26 heavy (non-hydrogen) atoms. The van der Waals surface area contributed by atoms with E-state index >= 15 is 0 Å². The summed E-state index contributed by atoms with van der Waals surface area (Å²) in [4.78, 5) is 0. The van der Waals surface area contributed by atoms with Crippen LogP contribution >= 0.6 is 11.8 Å². The summed E-state index contributed by atoms with van der Waals surface area (Å²) in [6.07, 6.45) is 1.64. The van der Waals surface area contributed by atoms with Gasteiger partial charge in [-0.3, -0.25) is 4.57 Å². The minimum absolute atomic E-state index is 0.467. The Kier molecular flexibility index (Phi) is 5.97. The van der Waals surface area contributed by atoms with Gasteiger partial charge >= 0.3 is 0 Å². The molecule has 0 radical (unpaired) electrons. The molecule has 3 aromatic rings. The van der Waals surface area contributed by atoms with E-state index < -0.39 is 0 Å². The van der Waals surface area contributed by atoms with Crippen molar-refractivity contribution in [3.63, 3.8) is 0 Å². The summed E-state index contributed by atoms with van der Waals surface area (Å²) in [5.74, 6) is 3.44. The Morgan fingerprint density at radius 1 is 1.23 bits per heavy atom. The number of aromatic nitrogens is 3. The van der Waals surface area contributed by atoms with Crippen LogP contribution in [0.5, 0.6) is 5.75 Å². The summed E-state index contributed by atoms with van der Waals surface area (Å²) in [6, 6.07) is 12.9. The number of thioether (sulfide) groups is 1. The number of ether oxygens (including phenoxy) is 1. The van der Waals surface area contributed by atoms with Crippen LogP contribution in [0.4, 0.5) is 0 Å². The molecule has 0 bridgehead atoms. The molecule has 134 valence electrons. The highest BCUT2D eigenvalue weighted by atomic mass is 32.2. The smallest absolute Gasteiger partial charge is 0.200 e. The van der Waals surface area contributed by atoms with Crippen molar-refractivity contribution in [1.82, 2.24) is 14.8 Å². The maximum atomic E-state index is 8.81. The molecule has 0 fully saturated rings. The van der Waals surface area contributed by atoms with Crippen LogP contribution in [0, 0.1) is 17.2 Å². The molecule has 0 saturated carbocycles. The second-order valence-corrected chi connectivity index (χ2v) is 7.18. The Morgan fingerprint density at radius 2 is 2.04 bits per heavy atom. The first-order valence-corrected chi connectivity index (χ1v) is 9.38. The van der Waals surface area contributed by atoms with Crippen molar-refractivity contribution in [1.29, 1.82) is 5.26 Å². The molecule has 0 aliphatic carbocycles. The molecule has 0 amide bonds. The second-order valence-electron chi connectivity index (χ2n) is 6.12. The quantitative estimate of drug-likeness (QED) is 0.437. The molecule has 3 rings (SSSR count). The highest BCUT2D eigenvalue weighted by Crippen LogP contribution is 2.25. The van der Waals surface area contributed by atoms with Crippen LogP contribution in [-0.2, 0) is 6.54 Å². The first-order chi connectivity index (χ1) is 12.7. The molecule has 0 aliphatic rings. The molecule has 2 heterocycles. The Hall–Kier alpha value is -2.72. The van der Waals surface area contributed by atoms with Crippen molar-refractivity contribution in [2.45, 2.75) is 25.5 Å². The molecule has 0 spiro atoms. The predicted octanol–water partition coefficient (Wildman–Crippen LogP) is 4.24. The minimum Gasteiger partial charge on any atom is -0.493 e. The fraction of sp³-hybridized carbons (Fsp3) is 0.316. The number of hydrogen-bond acceptors (Lipinski definition) is 6. The molecular weight excluding hydrogens is 348 g/mol. The van der Waals surface area contributed by atoms with Crippen molar-refractivity contribution >= 4 is 11.8 Å². The minimum atomic E-state index is 0.467. The number of benzene rings is 1. The van der Waals surface area contributed by atoms with Gasteiger partial charge in [-0.05, 0) is 42.3 Å². The third-order valence-corrected chi connectivity index (χ3v) is 4.50. The van der Waals surface area contributed by atoms with Crippen LogP contribution in [0.25, 0.3) is 11.6 Å². The van der Waals surface area contributed by atoms with E-state index in [1.807, 2.05) is 12.1 Å². The van der Waals surface area contributed by atoms with E-state index in [9.17, 15) is 0 Å². The highest BCUT2D eigenvalue weighted by Gasteiger charge is 2.17. The Bertz CT molecular complexity index is 864. The van der Waals surface area contributed by atoms with Crippen LogP contribution in [-0.4, -0.2) is 27.1 Å². The lowest BCUT2D eigenvalue weighted by atomic mass is 10.2. The van der Waals surface area contributed by atoms with E-state index in [1.165, 1.54) is 0 Å². The Balaban J connectivity index is 1.61. The molecule has 0 N–H and O–H groups in total. The van der Waals surface area contributed by atoms with Crippen molar-refractivity contribution < 1.29 is 9.15 Å². The molecule has 0 saturated heterocycles. The number of rotatable bonds is 8. The van der Waals surface area contributed by atoms with Gasteiger partial charge in [0.1, 0.15) is 5.75 Å². The van der Waals surface area contributed by atoms with E-state index in [0.717, 1.165) is 34.8 Å². The SMILES string of the molecule is CC(C)Cn1c(SCCOc2ccc(C#N)cc2)nnc1-c1ccco1. The van der Waals surface area contributed by atoms with Gasteiger partial charge in [0, 0.05) is 12.3 Å². The van der Waals surface area contributed by atoms with Gasteiger partial charge in [0.25, 0.3) is 0 Å². The summed E-state index contributed by atoms with van der Waals surface area (Å²) in [7, 11) is 0. The van der Waals surface area contributed by atoms with Crippen LogP contribution < -0.4 is 4.74 Å². The fourth-order valence-corrected chi connectivity index (χ4v) is 3.20. The predicted molar refractivity (Wildman–Crippen MR) is 99.9 cm³/mol. The van der Waals surface area contributed by atoms with Crippen LogP contribution in [0.2, 0.25) is 0 Å². The normalized spacial score (nSPS) is 10.8. The maximum Gasteiger partial charge on any atom is 0.200 e. The zero-order valence-electron chi connectivity index (χ0n) is 14.8. The van der Waals surface area contributed by atoms with Gasteiger partial charge < -0.3 is 9.15 Å². The van der Waals surface area contributed by atoms with Gasteiger partial charge in [-0.25, -0.2) is 0 Å². The molecule has 2 aromatic heterocycles. The monoisotopic (exact) mass is 368 g/mol. The van der Waals surface area contributed by atoms with Crippen LogP contribution in [0.15, 0.2) is 52.2 Å². The van der Waals surface area contributed by atoms with Gasteiger partial charge in [-0.15, -0.1) is 10.2 Å². The Morgan fingerprint density at radius 3 is 2.69 bits per heavy atom. The third-order valence-electron chi connectivity index (χ3n) is 3.57. The van der Waals surface area contributed by atoms with E-state index in [1.54, 1.807) is 42.3 Å². The first-order valence-electron chi connectivity index (χ1n) is 8.40. The third kappa shape index (κ3) is 4.46. The van der Waals surface area contributed by atoms with E-state index in [4.69, 9.17) is 14.4 Å². The van der Waals surface area contributed by atoms with E-state index in [2.05, 4.69) is 34.7 Å². The van der Waals surface area contributed by atoms with Crippen molar-refractivity contribution in [3.05, 3.63) is 48.2 Å². The lowest BCUT2D eigenvalue weighted by Crippen LogP contribution is -2.08. The summed E-state index contributed by atoms with van der Waals surface area (Å²) in [5, 5.41) is 18.3. The highest BCUT2D eigenvalue weighted by molar-refractivity contribution is 7.99. The van der Waals surface area contributed by atoms with Crippen molar-refractivity contribution in [2.24, 2.45) is 5.92 Å². The van der Waals surface area contributed by atoms with E-state index in [-0.39, 0.29) is 0 Å². The fourth-order valence-electron chi connectivity index (χ4n) is 2.43. The van der Waals surface area contributed by atoms with Crippen molar-refractivity contribution in [2.75, 3.05) is 12.4 Å². The van der Waals surface area contributed by atoms with Gasteiger partial charge in [-0.1, -0.05) is 25.6 Å². The molecule has 1 aromatic carbocycles. The van der Waals surface area contributed by atoms with Crippen molar-refractivity contribution in [3.8, 4) is 23.4 Å². The van der Waals surface area contributed by atoms with Crippen LogP contribution in [0.3, 0.4) is 0 Å². The van der Waals surface area contributed by atoms with Gasteiger partial charge in [0.2, 0.25) is 0 Å². The molecule has 6 nitrogen and oxygen atoms in total. The zero-order chi connectivity index (χ0) is 18.4. The van der Waals surface area contributed by atoms with Gasteiger partial charge in [0.05, 0.1) is 24.5 Å². The number of nitrogens with zero attached hydrogens (tertiary/aromatic N) is 4. The summed E-state index contributed by atoms with van der Waals surface area (Å²) < 4.78 is 13.3. The molecule has 0 unspecified atom stereocenters. The molecule has 0 aliphatic heterocycles. The number of nitriles is 1. The Labute approximate surface area is 156 Å². The lowest BCUT2D eigenvalue weighted by Gasteiger charge is -2.11. The first kappa shape index (κ1) is 18.1. The van der Waals surface area contributed by atoms with Gasteiger partial charge in [-0.2, -0.15) is 5.26 Å². The van der Waals surface area contributed by atoms with Gasteiger partial charge in [0.15, 0.2) is 16.7 Å². The topological polar surface area (TPSA) is 76.9 Å².